The molecule has 102 valence electrons. The Bertz CT molecular complexity index is 474. The number of non-ortho nitro benzene ring substituents is 1. The third kappa shape index (κ3) is 3.19. The summed E-state index contributed by atoms with van der Waals surface area (Å²) in [6, 6.07) is 5.76. The maximum Gasteiger partial charge on any atom is 0.322 e. The van der Waals surface area contributed by atoms with Gasteiger partial charge in [-0.25, -0.2) is 4.79 Å². The molecule has 0 radical (unpaired) electrons. The van der Waals surface area contributed by atoms with Crippen LogP contribution in [0.5, 0.6) is 0 Å². The number of carbonyl (C=O) groups is 1. The minimum Gasteiger partial charge on any atom is -0.319 e. The molecule has 1 aromatic rings. The van der Waals surface area contributed by atoms with Gasteiger partial charge in [-0.1, -0.05) is 0 Å². The smallest absolute Gasteiger partial charge is 0.319 e. The first-order valence-electron chi connectivity index (χ1n) is 6.10. The number of nitro groups is 1. The van der Waals surface area contributed by atoms with E-state index in [0.717, 1.165) is 13.1 Å². The number of amides is 2. The van der Waals surface area contributed by atoms with Crippen molar-refractivity contribution in [1.82, 2.24) is 10.2 Å². The van der Waals surface area contributed by atoms with Crippen molar-refractivity contribution in [1.29, 1.82) is 0 Å². The molecule has 1 atom stereocenters. The number of nitro benzene ring substituents is 1. The summed E-state index contributed by atoms with van der Waals surface area (Å²) in [6.07, 6.45) is 0. The van der Waals surface area contributed by atoms with E-state index < -0.39 is 4.92 Å². The number of rotatable bonds is 2. The second kappa shape index (κ2) is 5.66. The van der Waals surface area contributed by atoms with Gasteiger partial charge in [-0.05, 0) is 19.1 Å². The Morgan fingerprint density at radius 2 is 2.16 bits per heavy atom. The summed E-state index contributed by atoms with van der Waals surface area (Å²) in [5.41, 5.74) is 0.565. The van der Waals surface area contributed by atoms with Gasteiger partial charge < -0.3 is 15.5 Å². The van der Waals surface area contributed by atoms with Gasteiger partial charge in [0.1, 0.15) is 0 Å². The lowest BCUT2D eigenvalue weighted by molar-refractivity contribution is -0.384. The molecule has 1 aromatic carbocycles. The molecule has 1 aliphatic rings. The van der Waals surface area contributed by atoms with Gasteiger partial charge in [0.25, 0.3) is 5.69 Å². The number of hydrogen-bond donors (Lipinski definition) is 2. The minimum absolute atomic E-state index is 0.00791. The molecule has 1 fully saturated rings. The molecule has 7 nitrogen and oxygen atoms in total. The number of urea groups is 1. The average Bonchev–Trinajstić information content (AvgIpc) is 2.39. The molecule has 0 aliphatic carbocycles. The summed E-state index contributed by atoms with van der Waals surface area (Å²) in [5, 5.41) is 16.5. The van der Waals surface area contributed by atoms with E-state index in [0.29, 0.717) is 12.2 Å². The Hall–Kier alpha value is -2.15. The number of piperazine rings is 1. The fraction of sp³-hybridized carbons (Fsp3) is 0.417. The van der Waals surface area contributed by atoms with Gasteiger partial charge in [-0.15, -0.1) is 0 Å². The third-order valence-electron chi connectivity index (χ3n) is 3.09. The Kier molecular flexibility index (Phi) is 3.96. The SMILES string of the molecule is C[C@@H]1CNCCN1C(=O)Nc1ccc([N+](=O)[O-])cc1. The highest BCUT2D eigenvalue weighted by Crippen LogP contribution is 2.16. The van der Waals surface area contributed by atoms with Gasteiger partial charge in [0, 0.05) is 43.5 Å². The molecular weight excluding hydrogens is 248 g/mol. The fourth-order valence-corrected chi connectivity index (χ4v) is 2.00. The van der Waals surface area contributed by atoms with Crippen LogP contribution in [0.15, 0.2) is 24.3 Å². The molecule has 2 amide bonds. The van der Waals surface area contributed by atoms with Gasteiger partial charge in [0.15, 0.2) is 0 Å². The first kappa shape index (κ1) is 13.3. The molecule has 0 aromatic heterocycles. The Labute approximate surface area is 110 Å². The van der Waals surface area contributed by atoms with Crippen molar-refractivity contribution in [2.75, 3.05) is 25.0 Å². The molecule has 1 saturated heterocycles. The van der Waals surface area contributed by atoms with Crippen LogP contribution in [-0.4, -0.2) is 41.5 Å². The fourth-order valence-electron chi connectivity index (χ4n) is 2.00. The summed E-state index contributed by atoms with van der Waals surface area (Å²) in [4.78, 5) is 23.9. The first-order chi connectivity index (χ1) is 9.08. The van der Waals surface area contributed by atoms with Crippen LogP contribution < -0.4 is 10.6 Å². The number of hydrogen-bond acceptors (Lipinski definition) is 4. The second-order valence-corrected chi connectivity index (χ2v) is 4.48. The largest absolute Gasteiger partial charge is 0.322 e. The highest BCUT2D eigenvalue weighted by molar-refractivity contribution is 5.89. The van der Waals surface area contributed by atoms with E-state index in [1.54, 1.807) is 4.90 Å². The topological polar surface area (TPSA) is 87.5 Å². The lowest BCUT2D eigenvalue weighted by Crippen LogP contribution is -2.53. The maximum absolute atomic E-state index is 12.0. The molecule has 0 spiro atoms. The lowest BCUT2D eigenvalue weighted by atomic mass is 10.2. The molecule has 0 bridgehead atoms. The zero-order valence-corrected chi connectivity index (χ0v) is 10.6. The van der Waals surface area contributed by atoms with Crippen LogP contribution in [-0.2, 0) is 0 Å². The predicted octanol–water partition coefficient (Wildman–Crippen LogP) is 1.42. The highest BCUT2D eigenvalue weighted by Gasteiger charge is 2.22. The van der Waals surface area contributed by atoms with E-state index in [9.17, 15) is 14.9 Å². The number of nitrogens with one attached hydrogen (secondary N) is 2. The summed E-state index contributed by atoms with van der Waals surface area (Å²) in [6.45, 7) is 4.17. The van der Waals surface area contributed by atoms with Crippen LogP contribution in [0.4, 0.5) is 16.2 Å². The molecule has 2 rings (SSSR count). The van der Waals surface area contributed by atoms with E-state index in [-0.39, 0.29) is 17.8 Å². The minimum atomic E-state index is -0.468. The number of benzene rings is 1. The van der Waals surface area contributed by atoms with Crippen molar-refractivity contribution in [3.63, 3.8) is 0 Å². The molecule has 19 heavy (non-hydrogen) atoms. The molecule has 0 unspecified atom stereocenters. The molecule has 1 heterocycles. The zero-order valence-electron chi connectivity index (χ0n) is 10.6. The van der Waals surface area contributed by atoms with Crippen LogP contribution in [0.2, 0.25) is 0 Å². The van der Waals surface area contributed by atoms with Crippen molar-refractivity contribution in [2.24, 2.45) is 0 Å². The van der Waals surface area contributed by atoms with Gasteiger partial charge in [-0.2, -0.15) is 0 Å². The maximum atomic E-state index is 12.0. The van der Waals surface area contributed by atoms with Crippen molar-refractivity contribution < 1.29 is 9.72 Å². The lowest BCUT2D eigenvalue weighted by Gasteiger charge is -2.33. The molecule has 2 N–H and O–H groups in total. The van der Waals surface area contributed by atoms with Crippen LogP contribution in [0.25, 0.3) is 0 Å². The molecule has 7 heteroatoms. The number of anilines is 1. The quantitative estimate of drug-likeness (QED) is 0.624. The normalized spacial score (nSPS) is 19.0. The van der Waals surface area contributed by atoms with E-state index in [2.05, 4.69) is 10.6 Å². The zero-order chi connectivity index (χ0) is 13.8. The van der Waals surface area contributed by atoms with Crippen molar-refractivity contribution >= 4 is 17.4 Å². The summed E-state index contributed by atoms with van der Waals surface area (Å²) >= 11 is 0. The van der Waals surface area contributed by atoms with E-state index in [1.807, 2.05) is 6.92 Å². The van der Waals surface area contributed by atoms with Crippen LogP contribution in [0.3, 0.4) is 0 Å². The van der Waals surface area contributed by atoms with Crippen LogP contribution in [0, 0.1) is 10.1 Å². The van der Waals surface area contributed by atoms with Crippen molar-refractivity contribution in [3.8, 4) is 0 Å². The van der Waals surface area contributed by atoms with Gasteiger partial charge in [0.05, 0.1) is 4.92 Å². The van der Waals surface area contributed by atoms with Gasteiger partial charge in [-0.3, -0.25) is 10.1 Å². The summed E-state index contributed by atoms with van der Waals surface area (Å²) in [7, 11) is 0. The second-order valence-electron chi connectivity index (χ2n) is 4.48. The predicted molar refractivity (Wildman–Crippen MR) is 71.2 cm³/mol. The Morgan fingerprint density at radius 1 is 1.47 bits per heavy atom. The van der Waals surface area contributed by atoms with Crippen LogP contribution >= 0.6 is 0 Å². The highest BCUT2D eigenvalue weighted by atomic mass is 16.6. The monoisotopic (exact) mass is 264 g/mol. The molecular formula is C12H16N4O3. The van der Waals surface area contributed by atoms with Gasteiger partial charge >= 0.3 is 6.03 Å². The Balaban J connectivity index is 2.00. The molecule has 0 saturated carbocycles. The molecule has 1 aliphatic heterocycles. The number of nitrogens with zero attached hydrogens (tertiary/aromatic N) is 2. The summed E-state index contributed by atoms with van der Waals surface area (Å²) in [5.74, 6) is 0. The number of carbonyl (C=O) groups excluding carboxylic acids is 1. The summed E-state index contributed by atoms with van der Waals surface area (Å²) < 4.78 is 0. The van der Waals surface area contributed by atoms with E-state index >= 15 is 0 Å². The van der Waals surface area contributed by atoms with Crippen molar-refractivity contribution in [3.05, 3.63) is 34.4 Å². The first-order valence-corrected chi connectivity index (χ1v) is 6.10. The van der Waals surface area contributed by atoms with Crippen molar-refractivity contribution in [2.45, 2.75) is 13.0 Å². The van der Waals surface area contributed by atoms with Gasteiger partial charge in [0.2, 0.25) is 0 Å². The van der Waals surface area contributed by atoms with E-state index in [4.69, 9.17) is 0 Å². The average molecular weight is 264 g/mol. The van der Waals surface area contributed by atoms with E-state index in [1.165, 1.54) is 24.3 Å². The standard InChI is InChI=1S/C12H16N4O3/c1-9-8-13-6-7-15(9)12(17)14-10-2-4-11(5-3-10)16(18)19/h2-5,9,13H,6-8H2,1H3,(H,14,17)/t9-/m1/s1. The third-order valence-corrected chi connectivity index (χ3v) is 3.09. The van der Waals surface area contributed by atoms with Crippen LogP contribution in [0.1, 0.15) is 6.92 Å². The Morgan fingerprint density at radius 3 is 2.74 bits per heavy atom.